The van der Waals surface area contributed by atoms with Gasteiger partial charge in [-0.25, -0.2) is 0 Å². The topological polar surface area (TPSA) is 21.3 Å². The van der Waals surface area contributed by atoms with Crippen molar-refractivity contribution in [2.45, 2.75) is 90.2 Å². The summed E-state index contributed by atoms with van der Waals surface area (Å²) < 4.78 is 6.32. The van der Waals surface area contributed by atoms with E-state index in [1.165, 1.54) is 51.4 Å². The van der Waals surface area contributed by atoms with Crippen LogP contribution in [0.5, 0.6) is 0 Å². The molecule has 108 valence electrons. The highest BCUT2D eigenvalue weighted by Gasteiger charge is 2.32. The van der Waals surface area contributed by atoms with Crippen molar-refractivity contribution in [1.82, 2.24) is 5.32 Å². The molecule has 0 aliphatic heterocycles. The summed E-state index contributed by atoms with van der Waals surface area (Å²) in [6.07, 6.45) is 10.3. The van der Waals surface area contributed by atoms with Gasteiger partial charge in [-0.15, -0.1) is 0 Å². The Kier molecular flexibility index (Phi) is 6.65. The van der Waals surface area contributed by atoms with E-state index < -0.39 is 0 Å². The van der Waals surface area contributed by atoms with Gasteiger partial charge >= 0.3 is 0 Å². The number of ether oxygens (including phenoxy) is 1. The van der Waals surface area contributed by atoms with Crippen LogP contribution < -0.4 is 5.32 Å². The zero-order chi connectivity index (χ0) is 13.5. The van der Waals surface area contributed by atoms with Gasteiger partial charge in [0.2, 0.25) is 0 Å². The van der Waals surface area contributed by atoms with Crippen LogP contribution in [0, 0.1) is 0 Å². The Morgan fingerprint density at radius 1 is 1.06 bits per heavy atom. The van der Waals surface area contributed by atoms with Crippen LogP contribution in [-0.2, 0) is 4.74 Å². The van der Waals surface area contributed by atoms with Gasteiger partial charge in [0.05, 0.1) is 5.60 Å². The van der Waals surface area contributed by atoms with E-state index in [1.54, 1.807) is 0 Å². The Balaban J connectivity index is 2.54. The lowest BCUT2D eigenvalue weighted by Crippen LogP contribution is -2.49. The summed E-state index contributed by atoms with van der Waals surface area (Å²) in [4.78, 5) is 0. The van der Waals surface area contributed by atoms with E-state index in [2.05, 4.69) is 33.0 Å². The van der Waals surface area contributed by atoms with Crippen LogP contribution in [-0.4, -0.2) is 24.3 Å². The molecule has 1 rings (SSSR count). The first-order chi connectivity index (χ1) is 8.47. The Morgan fingerprint density at radius 3 is 2.17 bits per heavy atom. The predicted octanol–water partition coefficient (Wildman–Crippen LogP) is 4.28. The smallest absolute Gasteiger partial charge is 0.0806 e. The quantitative estimate of drug-likeness (QED) is 0.565. The lowest BCUT2D eigenvalue weighted by Gasteiger charge is -2.36. The molecule has 1 fully saturated rings. The maximum atomic E-state index is 6.32. The van der Waals surface area contributed by atoms with E-state index in [0.29, 0.717) is 0 Å². The highest BCUT2D eigenvalue weighted by atomic mass is 16.5. The van der Waals surface area contributed by atoms with Gasteiger partial charge in [0.25, 0.3) is 0 Å². The molecule has 0 aromatic heterocycles. The second-order valence-electron chi connectivity index (χ2n) is 6.90. The van der Waals surface area contributed by atoms with Crippen LogP contribution in [0.1, 0.15) is 79.1 Å². The van der Waals surface area contributed by atoms with Gasteiger partial charge in [-0.2, -0.15) is 0 Å². The minimum absolute atomic E-state index is 0.110. The van der Waals surface area contributed by atoms with Crippen LogP contribution >= 0.6 is 0 Å². The Bertz CT molecular complexity index is 212. The monoisotopic (exact) mass is 255 g/mol. The molecule has 0 aromatic rings. The summed E-state index contributed by atoms with van der Waals surface area (Å²) in [5.41, 5.74) is 0.298. The second kappa shape index (κ2) is 7.49. The first kappa shape index (κ1) is 16.0. The maximum Gasteiger partial charge on any atom is 0.0806 e. The molecule has 0 aromatic carbocycles. The molecule has 2 heteroatoms. The molecule has 0 unspecified atom stereocenters. The number of rotatable bonds is 6. The van der Waals surface area contributed by atoms with Gasteiger partial charge in [0.15, 0.2) is 0 Å². The zero-order valence-corrected chi connectivity index (χ0v) is 13.0. The van der Waals surface area contributed by atoms with Crippen molar-refractivity contribution in [2.24, 2.45) is 0 Å². The van der Waals surface area contributed by atoms with Crippen LogP contribution in [0.25, 0.3) is 0 Å². The summed E-state index contributed by atoms with van der Waals surface area (Å²) in [7, 11) is 0. The summed E-state index contributed by atoms with van der Waals surface area (Å²) in [6.45, 7) is 10.9. The second-order valence-corrected chi connectivity index (χ2v) is 6.90. The van der Waals surface area contributed by atoms with E-state index in [4.69, 9.17) is 4.74 Å². The first-order valence-corrected chi connectivity index (χ1v) is 7.86. The standard InChI is InChI=1S/C16H33NO/c1-5-6-13-18-16(14-17-15(2,3)4)11-9-7-8-10-12-16/h17H,5-14H2,1-4H3. The van der Waals surface area contributed by atoms with Gasteiger partial charge < -0.3 is 10.1 Å². The molecule has 1 N–H and O–H groups in total. The van der Waals surface area contributed by atoms with Crippen molar-refractivity contribution in [1.29, 1.82) is 0 Å². The van der Waals surface area contributed by atoms with Gasteiger partial charge in [0, 0.05) is 18.7 Å². The molecule has 1 saturated carbocycles. The Morgan fingerprint density at radius 2 is 1.67 bits per heavy atom. The van der Waals surface area contributed by atoms with Crippen LogP contribution in [0.4, 0.5) is 0 Å². The average Bonchev–Trinajstić information content (AvgIpc) is 2.53. The summed E-state index contributed by atoms with van der Waals surface area (Å²) in [5.74, 6) is 0. The molecule has 1 aliphatic rings. The van der Waals surface area contributed by atoms with Crippen LogP contribution in [0.2, 0.25) is 0 Å². The van der Waals surface area contributed by atoms with Crippen molar-refractivity contribution in [3.05, 3.63) is 0 Å². The molecule has 0 heterocycles. The van der Waals surface area contributed by atoms with Crippen LogP contribution in [0.15, 0.2) is 0 Å². The molecule has 0 radical (unpaired) electrons. The van der Waals surface area contributed by atoms with Gasteiger partial charge in [-0.3, -0.25) is 0 Å². The van der Waals surface area contributed by atoms with E-state index in [1.807, 2.05) is 0 Å². The Labute approximate surface area is 114 Å². The molecular weight excluding hydrogens is 222 g/mol. The fourth-order valence-electron chi connectivity index (χ4n) is 2.60. The fourth-order valence-corrected chi connectivity index (χ4v) is 2.60. The van der Waals surface area contributed by atoms with Gasteiger partial charge in [0.1, 0.15) is 0 Å². The molecule has 2 nitrogen and oxygen atoms in total. The largest absolute Gasteiger partial charge is 0.374 e. The van der Waals surface area contributed by atoms with Gasteiger partial charge in [-0.05, 0) is 40.0 Å². The molecule has 0 amide bonds. The average molecular weight is 255 g/mol. The molecule has 0 saturated heterocycles. The van der Waals surface area contributed by atoms with E-state index in [0.717, 1.165) is 13.2 Å². The first-order valence-electron chi connectivity index (χ1n) is 7.86. The van der Waals surface area contributed by atoms with E-state index in [-0.39, 0.29) is 11.1 Å². The number of nitrogens with one attached hydrogen (secondary N) is 1. The van der Waals surface area contributed by atoms with Crippen molar-refractivity contribution >= 4 is 0 Å². The number of unbranched alkanes of at least 4 members (excludes halogenated alkanes) is 1. The molecule has 0 atom stereocenters. The summed E-state index contributed by atoms with van der Waals surface area (Å²) in [6, 6.07) is 0. The molecular formula is C16H33NO. The fraction of sp³-hybridized carbons (Fsp3) is 1.00. The lowest BCUT2D eigenvalue weighted by molar-refractivity contribution is -0.0589. The van der Waals surface area contributed by atoms with Crippen molar-refractivity contribution in [3.8, 4) is 0 Å². The highest BCUT2D eigenvalue weighted by Crippen LogP contribution is 2.30. The third kappa shape index (κ3) is 6.19. The molecule has 18 heavy (non-hydrogen) atoms. The molecule has 0 spiro atoms. The zero-order valence-electron chi connectivity index (χ0n) is 13.0. The van der Waals surface area contributed by atoms with Crippen molar-refractivity contribution < 1.29 is 4.74 Å². The molecule has 1 aliphatic carbocycles. The maximum absolute atomic E-state index is 6.32. The third-order valence-electron chi connectivity index (χ3n) is 3.86. The SMILES string of the molecule is CCCCOC1(CNC(C)(C)C)CCCCCC1. The summed E-state index contributed by atoms with van der Waals surface area (Å²) >= 11 is 0. The minimum Gasteiger partial charge on any atom is -0.374 e. The Hall–Kier alpha value is -0.0800. The summed E-state index contributed by atoms with van der Waals surface area (Å²) in [5, 5.41) is 3.66. The molecule has 0 bridgehead atoms. The lowest BCUT2D eigenvalue weighted by atomic mass is 9.92. The van der Waals surface area contributed by atoms with E-state index >= 15 is 0 Å². The number of hydrogen-bond donors (Lipinski definition) is 1. The predicted molar refractivity (Wildman–Crippen MR) is 79.0 cm³/mol. The minimum atomic E-state index is 0.110. The van der Waals surface area contributed by atoms with Gasteiger partial charge in [-0.1, -0.05) is 39.0 Å². The normalized spacial score (nSPS) is 20.7. The number of hydrogen-bond acceptors (Lipinski definition) is 2. The third-order valence-corrected chi connectivity index (χ3v) is 3.86. The highest BCUT2D eigenvalue weighted by molar-refractivity contribution is 4.88. The van der Waals surface area contributed by atoms with Crippen molar-refractivity contribution in [3.63, 3.8) is 0 Å². The van der Waals surface area contributed by atoms with E-state index in [9.17, 15) is 0 Å². The van der Waals surface area contributed by atoms with Crippen LogP contribution in [0.3, 0.4) is 0 Å². The van der Waals surface area contributed by atoms with Crippen molar-refractivity contribution in [2.75, 3.05) is 13.2 Å².